The number of benzene rings is 1. The fourth-order valence-electron chi connectivity index (χ4n) is 1.97. The molecule has 1 aromatic carbocycles. The molecule has 0 amide bonds. The molecule has 0 aliphatic rings. The number of aromatic nitrogens is 1. The van der Waals surface area contributed by atoms with Gasteiger partial charge in [-0.1, -0.05) is 15.9 Å². The number of nitrogens with zero attached hydrogens (tertiary/aromatic N) is 1. The third kappa shape index (κ3) is 3.86. The second kappa shape index (κ2) is 9.22. The number of pyridine rings is 1. The first-order chi connectivity index (χ1) is 10.7. The van der Waals surface area contributed by atoms with E-state index in [-0.39, 0.29) is 6.79 Å². The van der Waals surface area contributed by atoms with E-state index in [2.05, 4.69) is 26.2 Å². The number of hydrogen-bond donors (Lipinski definition) is 2. The highest BCUT2D eigenvalue weighted by Crippen LogP contribution is 2.33. The van der Waals surface area contributed by atoms with Crippen molar-refractivity contribution in [2.24, 2.45) is 0 Å². The fraction of sp³-hybridized carbons (Fsp3) is 0.333. The van der Waals surface area contributed by atoms with Crippen LogP contribution in [0.4, 0.5) is 5.82 Å². The third-order valence-electron chi connectivity index (χ3n) is 2.91. The largest absolute Gasteiger partial charge is 0.497 e. The van der Waals surface area contributed by atoms with Crippen molar-refractivity contribution in [3.8, 4) is 11.6 Å². The molecular weight excluding hydrogens is 350 g/mol. The zero-order valence-corrected chi connectivity index (χ0v) is 14.7. The van der Waals surface area contributed by atoms with Crippen LogP contribution in [0.3, 0.4) is 0 Å². The van der Waals surface area contributed by atoms with Gasteiger partial charge in [0.25, 0.3) is 0 Å². The maximum atomic E-state index is 7.58. The lowest BCUT2D eigenvalue weighted by atomic mass is 10.1. The van der Waals surface area contributed by atoms with Crippen LogP contribution in [0, 0.1) is 5.41 Å². The molecule has 0 bridgehead atoms. The van der Waals surface area contributed by atoms with Crippen LogP contribution in [-0.4, -0.2) is 45.1 Å². The predicted octanol–water partition coefficient (Wildman–Crippen LogP) is 3.28. The molecule has 2 N–H and O–H groups in total. The summed E-state index contributed by atoms with van der Waals surface area (Å²) in [6.07, 6.45) is 1.27. The number of hydrogen-bond acceptors (Lipinski definition) is 6. The van der Waals surface area contributed by atoms with Gasteiger partial charge in [0.1, 0.15) is 11.6 Å². The Labute approximate surface area is 138 Å². The molecule has 1 heterocycles. The zero-order chi connectivity index (χ0) is 16.5. The molecule has 6 nitrogen and oxygen atoms in total. The molecule has 0 saturated heterocycles. The van der Waals surface area contributed by atoms with Gasteiger partial charge in [-0.05, 0) is 29.4 Å². The van der Waals surface area contributed by atoms with E-state index in [0.717, 1.165) is 10.8 Å². The fourth-order valence-corrected chi connectivity index (χ4v) is 1.97. The van der Waals surface area contributed by atoms with Crippen LogP contribution in [0.5, 0.6) is 11.6 Å². The number of alkyl halides is 1. The number of halogens is 1. The number of methoxy groups -OCH3 is 2. The van der Waals surface area contributed by atoms with Gasteiger partial charge in [0.05, 0.1) is 7.11 Å². The van der Waals surface area contributed by atoms with Crippen molar-refractivity contribution >= 4 is 38.7 Å². The Morgan fingerprint density at radius 1 is 1.27 bits per heavy atom. The molecule has 1 aromatic heterocycles. The number of fused-ring (bicyclic) bond motifs is 1. The van der Waals surface area contributed by atoms with Gasteiger partial charge in [-0.25, -0.2) is 0 Å². The van der Waals surface area contributed by atoms with Crippen molar-refractivity contribution in [3.05, 3.63) is 23.8 Å². The Balaban J connectivity index is 0.00000116. The second-order valence-electron chi connectivity index (χ2n) is 4.04. The molecule has 0 aliphatic carbocycles. The van der Waals surface area contributed by atoms with Crippen molar-refractivity contribution in [1.29, 1.82) is 5.41 Å². The number of ether oxygens (including phenoxy) is 3. The molecule has 0 saturated carbocycles. The first-order valence-corrected chi connectivity index (χ1v) is 8.03. The molecular formula is C15H20BrN3O3. The Morgan fingerprint density at radius 3 is 2.55 bits per heavy atom. The van der Waals surface area contributed by atoms with Gasteiger partial charge < -0.3 is 24.9 Å². The minimum absolute atomic E-state index is 0.104. The highest BCUT2D eigenvalue weighted by atomic mass is 79.9. The van der Waals surface area contributed by atoms with Gasteiger partial charge in [0, 0.05) is 31.3 Å². The summed E-state index contributed by atoms with van der Waals surface area (Å²) >= 11 is 2.94. The summed E-state index contributed by atoms with van der Waals surface area (Å²) in [7, 11) is 4.91. The Bertz CT molecular complexity index is 635. The topological polar surface area (TPSA) is 76.5 Å². The Morgan fingerprint density at radius 2 is 2.00 bits per heavy atom. The molecule has 2 aromatic rings. The normalized spacial score (nSPS) is 9.68. The first kappa shape index (κ1) is 18.2. The van der Waals surface area contributed by atoms with Gasteiger partial charge >= 0.3 is 0 Å². The molecule has 120 valence electrons. The van der Waals surface area contributed by atoms with Crippen LogP contribution >= 0.6 is 15.9 Å². The number of nitrogens with one attached hydrogen (secondary N) is 2. The van der Waals surface area contributed by atoms with Crippen molar-refractivity contribution < 1.29 is 14.2 Å². The van der Waals surface area contributed by atoms with Gasteiger partial charge in [-0.2, -0.15) is 4.98 Å². The summed E-state index contributed by atoms with van der Waals surface area (Å²) in [5.41, 5.74) is 0.704. The average Bonchev–Trinajstić information content (AvgIpc) is 2.60. The highest BCUT2D eigenvalue weighted by molar-refractivity contribution is 9.08. The van der Waals surface area contributed by atoms with E-state index in [9.17, 15) is 0 Å². The summed E-state index contributed by atoms with van der Waals surface area (Å²) in [4.78, 5) is 4.38. The van der Waals surface area contributed by atoms with E-state index in [1.807, 2.05) is 24.0 Å². The number of rotatable bonds is 6. The molecule has 0 spiro atoms. The van der Waals surface area contributed by atoms with Gasteiger partial charge in [0.15, 0.2) is 6.79 Å². The summed E-state index contributed by atoms with van der Waals surface area (Å²) in [6.45, 7) is 0.104. The predicted molar refractivity (Wildman–Crippen MR) is 93.1 cm³/mol. The summed E-state index contributed by atoms with van der Waals surface area (Å²) in [5.74, 6) is 3.54. The van der Waals surface area contributed by atoms with Crippen LogP contribution in [-0.2, 0) is 4.74 Å². The van der Waals surface area contributed by atoms with E-state index in [1.54, 1.807) is 21.3 Å². The SMILES string of the molecule is CBr.CNc1nc(OCOC)c2cc(OC)ccc2c1C=N. The van der Waals surface area contributed by atoms with Crippen LogP contribution in [0.15, 0.2) is 18.2 Å². The second-order valence-corrected chi connectivity index (χ2v) is 4.04. The smallest absolute Gasteiger partial charge is 0.225 e. The van der Waals surface area contributed by atoms with Crippen molar-refractivity contribution in [1.82, 2.24) is 4.98 Å². The molecule has 2 rings (SSSR count). The lowest BCUT2D eigenvalue weighted by molar-refractivity contribution is 0.0491. The van der Waals surface area contributed by atoms with Crippen LogP contribution < -0.4 is 14.8 Å². The Kier molecular flexibility index (Phi) is 7.62. The monoisotopic (exact) mass is 369 g/mol. The molecule has 0 atom stereocenters. The van der Waals surface area contributed by atoms with E-state index in [1.165, 1.54) is 6.21 Å². The van der Waals surface area contributed by atoms with E-state index >= 15 is 0 Å². The van der Waals surface area contributed by atoms with E-state index < -0.39 is 0 Å². The number of anilines is 1. The van der Waals surface area contributed by atoms with E-state index in [4.69, 9.17) is 19.6 Å². The maximum absolute atomic E-state index is 7.58. The van der Waals surface area contributed by atoms with Gasteiger partial charge in [-0.15, -0.1) is 0 Å². The summed E-state index contributed by atoms with van der Waals surface area (Å²) in [5, 5.41) is 12.2. The summed E-state index contributed by atoms with van der Waals surface area (Å²) < 4.78 is 15.7. The van der Waals surface area contributed by atoms with Crippen LogP contribution in [0.25, 0.3) is 10.8 Å². The third-order valence-corrected chi connectivity index (χ3v) is 2.91. The molecule has 22 heavy (non-hydrogen) atoms. The van der Waals surface area contributed by atoms with E-state index in [0.29, 0.717) is 23.0 Å². The average molecular weight is 370 g/mol. The van der Waals surface area contributed by atoms with Crippen molar-refractivity contribution in [3.63, 3.8) is 0 Å². The minimum Gasteiger partial charge on any atom is -0.497 e. The molecule has 0 unspecified atom stereocenters. The standard InChI is InChI=1S/C14H17N3O3.CH3Br/c1-16-13-12(7-15)10-5-4-9(19-3)6-11(10)14(17-13)20-8-18-2;1-2/h4-7,15H,8H2,1-3H3,(H,16,17);1H3. The van der Waals surface area contributed by atoms with Crippen LogP contribution in [0.2, 0.25) is 0 Å². The molecule has 0 fully saturated rings. The minimum atomic E-state index is 0.104. The maximum Gasteiger partial charge on any atom is 0.225 e. The van der Waals surface area contributed by atoms with Gasteiger partial charge in [-0.3, -0.25) is 0 Å². The zero-order valence-electron chi connectivity index (χ0n) is 13.1. The lowest BCUT2D eigenvalue weighted by Gasteiger charge is -2.14. The van der Waals surface area contributed by atoms with Crippen molar-refractivity contribution in [2.45, 2.75) is 0 Å². The highest BCUT2D eigenvalue weighted by Gasteiger charge is 2.13. The molecule has 0 radical (unpaired) electrons. The lowest BCUT2D eigenvalue weighted by Crippen LogP contribution is -2.06. The first-order valence-electron chi connectivity index (χ1n) is 6.44. The van der Waals surface area contributed by atoms with Crippen LogP contribution in [0.1, 0.15) is 5.56 Å². The van der Waals surface area contributed by atoms with Crippen molar-refractivity contribution in [2.75, 3.05) is 39.2 Å². The summed E-state index contributed by atoms with van der Waals surface area (Å²) in [6, 6.07) is 5.56. The Hall–Kier alpha value is -1.86. The molecule has 0 aliphatic heterocycles. The quantitative estimate of drug-likeness (QED) is 0.464. The molecule has 7 heteroatoms. The van der Waals surface area contributed by atoms with Gasteiger partial charge in [0.2, 0.25) is 5.88 Å².